The zero-order valence-electron chi connectivity index (χ0n) is 16.9. The lowest BCUT2D eigenvalue weighted by Gasteiger charge is -2.50. The molecule has 2 saturated heterocycles. The Morgan fingerprint density at radius 2 is 1.84 bits per heavy atom. The minimum Gasteiger partial charge on any atom is -0.377 e. The lowest BCUT2D eigenvalue weighted by atomic mass is 9.97. The topological polar surface area (TPSA) is 51.3 Å². The number of hydrogen-bond donors (Lipinski definition) is 0. The van der Waals surface area contributed by atoms with Gasteiger partial charge in [0.25, 0.3) is 0 Å². The molecule has 0 amide bonds. The van der Waals surface area contributed by atoms with Crippen molar-refractivity contribution in [3.63, 3.8) is 0 Å². The third-order valence-corrected chi connectivity index (χ3v) is 6.35. The van der Waals surface area contributed by atoms with Crippen LogP contribution in [0, 0.1) is 0 Å². The Balaban J connectivity index is 1.40. The fraction of sp³-hybridized carbons (Fsp3) is 0.500. The minimum absolute atomic E-state index is 0.120. The molecular weight excluding hydrogens is 433 g/mol. The first-order chi connectivity index (χ1) is 14.7. The molecule has 0 radical (unpaired) electrons. The molecule has 0 unspecified atom stereocenters. The maximum Gasteiger partial charge on any atom is 0.408 e. The van der Waals surface area contributed by atoms with E-state index in [0.29, 0.717) is 10.7 Å². The lowest BCUT2D eigenvalue weighted by molar-refractivity contribution is -0.142. The average Bonchev–Trinajstić information content (AvgIpc) is 3.30. The number of anilines is 1. The quantitative estimate of drug-likeness (QED) is 0.605. The lowest BCUT2D eigenvalue weighted by Crippen LogP contribution is -2.64. The van der Waals surface area contributed by atoms with Crippen molar-refractivity contribution < 1.29 is 17.9 Å². The van der Waals surface area contributed by atoms with Gasteiger partial charge in [-0.15, -0.1) is 0 Å². The highest BCUT2D eigenvalue weighted by Crippen LogP contribution is 2.34. The summed E-state index contributed by atoms with van der Waals surface area (Å²) in [6.07, 6.45) is 0.0451. The van der Waals surface area contributed by atoms with Gasteiger partial charge in [0.2, 0.25) is 0 Å². The van der Waals surface area contributed by atoms with Crippen molar-refractivity contribution in [3.8, 4) is 5.69 Å². The molecule has 31 heavy (non-hydrogen) atoms. The fourth-order valence-corrected chi connectivity index (χ4v) is 4.57. The normalized spacial score (nSPS) is 19.7. The number of piperazine rings is 1. The van der Waals surface area contributed by atoms with Crippen molar-refractivity contribution in [1.29, 1.82) is 0 Å². The van der Waals surface area contributed by atoms with E-state index < -0.39 is 12.7 Å². The summed E-state index contributed by atoms with van der Waals surface area (Å²) in [4.78, 5) is 4.70. The summed E-state index contributed by atoms with van der Waals surface area (Å²) < 4.78 is 45.8. The van der Waals surface area contributed by atoms with Gasteiger partial charge in [-0.25, -0.2) is 4.68 Å². The van der Waals surface area contributed by atoms with Crippen LogP contribution >= 0.6 is 11.6 Å². The van der Waals surface area contributed by atoms with E-state index in [1.54, 1.807) is 10.9 Å². The number of halogens is 4. The maximum absolute atomic E-state index is 12.7. The molecule has 7 nitrogen and oxygen atoms in total. The zero-order chi connectivity index (χ0) is 21.8. The fourth-order valence-electron chi connectivity index (χ4n) is 4.28. The van der Waals surface area contributed by atoms with E-state index in [1.807, 2.05) is 12.1 Å². The van der Waals surface area contributed by atoms with Gasteiger partial charge in [0.05, 0.1) is 53.6 Å². The number of benzene rings is 1. The van der Waals surface area contributed by atoms with Crippen molar-refractivity contribution in [2.75, 3.05) is 44.3 Å². The smallest absolute Gasteiger partial charge is 0.377 e. The first-order valence-electron chi connectivity index (χ1n) is 10.1. The summed E-state index contributed by atoms with van der Waals surface area (Å²) in [5.41, 5.74) is 2.26. The van der Waals surface area contributed by atoms with Gasteiger partial charge in [0.1, 0.15) is 12.2 Å². The van der Waals surface area contributed by atoms with Crippen molar-refractivity contribution in [3.05, 3.63) is 35.7 Å². The van der Waals surface area contributed by atoms with Crippen molar-refractivity contribution >= 4 is 28.2 Å². The van der Waals surface area contributed by atoms with E-state index >= 15 is 0 Å². The summed E-state index contributed by atoms with van der Waals surface area (Å²) in [5.74, 6) is 0. The highest BCUT2D eigenvalue weighted by Gasteiger charge is 2.40. The molecule has 2 aliphatic heterocycles. The van der Waals surface area contributed by atoms with Gasteiger partial charge in [-0.2, -0.15) is 23.4 Å². The molecule has 1 aromatic carbocycles. The van der Waals surface area contributed by atoms with Crippen molar-refractivity contribution in [2.24, 2.45) is 0 Å². The van der Waals surface area contributed by atoms with Gasteiger partial charge in [-0.05, 0) is 19.1 Å². The van der Waals surface area contributed by atoms with E-state index in [9.17, 15) is 13.2 Å². The molecule has 2 aliphatic rings. The highest BCUT2D eigenvalue weighted by molar-refractivity contribution is 6.34. The van der Waals surface area contributed by atoms with Crippen LogP contribution in [-0.2, 0) is 11.3 Å². The number of rotatable bonds is 4. The Kier molecular flexibility index (Phi) is 4.91. The van der Waals surface area contributed by atoms with Gasteiger partial charge < -0.3 is 9.64 Å². The average molecular weight is 455 g/mol. The molecule has 0 bridgehead atoms. The number of ether oxygens (including phenoxy) is 1. The number of fused-ring (bicyclic) bond motifs is 1. The minimum atomic E-state index is -4.33. The van der Waals surface area contributed by atoms with E-state index in [1.165, 1.54) is 12.4 Å². The predicted molar refractivity (Wildman–Crippen MR) is 111 cm³/mol. The first-order valence-corrected chi connectivity index (χ1v) is 10.4. The third kappa shape index (κ3) is 3.88. The van der Waals surface area contributed by atoms with Crippen molar-refractivity contribution in [2.45, 2.75) is 25.2 Å². The van der Waals surface area contributed by atoms with Crippen LogP contribution in [-0.4, -0.2) is 75.6 Å². The molecule has 0 atom stereocenters. The SMILES string of the molecule is CC1(N2CCN(c3cc4c(cnn4-c4cnn(CC(F)(F)F)c4)cc3Cl)CC2)COC1. The third-order valence-electron chi connectivity index (χ3n) is 6.05. The monoisotopic (exact) mass is 454 g/mol. The second-order valence-corrected chi connectivity index (χ2v) is 8.80. The number of nitrogens with zero attached hydrogens (tertiary/aromatic N) is 6. The van der Waals surface area contributed by atoms with Gasteiger partial charge >= 0.3 is 6.18 Å². The summed E-state index contributed by atoms with van der Waals surface area (Å²) in [7, 11) is 0. The van der Waals surface area contributed by atoms with Crippen LogP contribution in [0.2, 0.25) is 5.02 Å². The molecule has 2 aromatic heterocycles. The molecular formula is C20H22ClF3N6O. The Morgan fingerprint density at radius 1 is 1.10 bits per heavy atom. The van der Waals surface area contributed by atoms with Crippen LogP contribution in [0.3, 0.4) is 0 Å². The molecule has 166 valence electrons. The summed E-state index contributed by atoms with van der Waals surface area (Å²) in [6, 6.07) is 3.80. The van der Waals surface area contributed by atoms with Gasteiger partial charge in [0.15, 0.2) is 0 Å². The van der Waals surface area contributed by atoms with Crippen LogP contribution in [0.25, 0.3) is 16.6 Å². The standard InChI is InChI=1S/C20H22ClF3N6O/c1-19(12-31-13-19)28-4-2-27(3-5-28)18-7-17-14(6-16(18)21)8-26-30(17)15-9-25-29(10-15)11-20(22,23)24/h6-10H,2-5,11-13H2,1H3. The number of hydrogen-bond acceptors (Lipinski definition) is 5. The van der Waals surface area contributed by atoms with E-state index in [2.05, 4.69) is 26.9 Å². The number of alkyl halides is 3. The zero-order valence-corrected chi connectivity index (χ0v) is 17.7. The van der Waals surface area contributed by atoms with Crippen LogP contribution in [0.5, 0.6) is 0 Å². The summed E-state index contributed by atoms with van der Waals surface area (Å²) in [5, 5.41) is 9.62. The first kappa shape index (κ1) is 20.6. The molecule has 2 fully saturated rings. The van der Waals surface area contributed by atoms with Gasteiger partial charge in [0, 0.05) is 31.6 Å². The summed E-state index contributed by atoms with van der Waals surface area (Å²) in [6.45, 7) is 6.11. The number of aromatic nitrogens is 4. The molecule has 11 heteroatoms. The van der Waals surface area contributed by atoms with Gasteiger partial charge in [-0.1, -0.05) is 11.6 Å². The Bertz CT molecular complexity index is 1100. The van der Waals surface area contributed by atoms with E-state index in [4.69, 9.17) is 16.3 Å². The molecule has 0 spiro atoms. The van der Waals surface area contributed by atoms with Crippen molar-refractivity contribution in [1.82, 2.24) is 24.5 Å². The largest absolute Gasteiger partial charge is 0.408 e. The maximum atomic E-state index is 12.7. The van der Waals surface area contributed by atoms with Crippen LogP contribution < -0.4 is 4.90 Å². The molecule has 0 N–H and O–H groups in total. The highest BCUT2D eigenvalue weighted by atomic mass is 35.5. The van der Waals surface area contributed by atoms with Crippen LogP contribution in [0.1, 0.15) is 6.92 Å². The molecule has 4 heterocycles. The van der Waals surface area contributed by atoms with Crippen LogP contribution in [0.4, 0.5) is 18.9 Å². The Morgan fingerprint density at radius 3 is 2.48 bits per heavy atom. The molecule has 0 saturated carbocycles. The van der Waals surface area contributed by atoms with E-state index in [0.717, 1.165) is 60.7 Å². The van der Waals surface area contributed by atoms with E-state index in [-0.39, 0.29) is 5.54 Å². The molecule has 3 aromatic rings. The molecule has 0 aliphatic carbocycles. The second kappa shape index (κ2) is 7.39. The Hall–Kier alpha value is -2.30. The molecule has 5 rings (SSSR count). The Labute approximate surface area is 181 Å². The van der Waals surface area contributed by atoms with Crippen LogP contribution in [0.15, 0.2) is 30.7 Å². The summed E-state index contributed by atoms with van der Waals surface area (Å²) >= 11 is 6.58. The van der Waals surface area contributed by atoms with Gasteiger partial charge in [-0.3, -0.25) is 9.58 Å². The second-order valence-electron chi connectivity index (χ2n) is 8.39. The predicted octanol–water partition coefficient (Wildman–Crippen LogP) is 3.35.